The molecule has 0 atom stereocenters. The summed E-state index contributed by atoms with van der Waals surface area (Å²) in [5.74, 6) is -0.0623. The average Bonchev–Trinajstić information content (AvgIpc) is 2.94. The summed E-state index contributed by atoms with van der Waals surface area (Å²) < 4.78 is 23.8. The van der Waals surface area contributed by atoms with Crippen molar-refractivity contribution in [2.45, 2.75) is 17.7 Å². The molecule has 0 saturated heterocycles. The monoisotopic (exact) mass is 423 g/mol. The number of rotatable bonds is 5. The largest absolute Gasteiger partial charge is 0.370 e. The Labute approximate surface area is 155 Å². The number of nitrogens with zero attached hydrogens (tertiary/aromatic N) is 1. The number of benzene rings is 2. The minimum Gasteiger partial charge on any atom is -0.370 e. The lowest BCUT2D eigenvalue weighted by atomic mass is 10.2. The van der Waals surface area contributed by atoms with Crippen molar-refractivity contribution in [3.8, 4) is 0 Å². The van der Waals surface area contributed by atoms with Gasteiger partial charge in [0.05, 0.1) is 4.90 Å². The summed E-state index contributed by atoms with van der Waals surface area (Å²) in [6.07, 6.45) is 1.09. The second kappa shape index (κ2) is 7.15. The summed E-state index contributed by atoms with van der Waals surface area (Å²) in [5, 5.41) is 8.04. The molecule has 0 spiro atoms. The molecule has 0 unspecified atom stereocenters. The highest BCUT2D eigenvalue weighted by Crippen LogP contribution is 2.30. The van der Waals surface area contributed by atoms with E-state index in [0.29, 0.717) is 13.0 Å². The normalized spacial score (nSPS) is 13.6. The van der Waals surface area contributed by atoms with E-state index >= 15 is 0 Å². The van der Waals surface area contributed by atoms with Crippen LogP contribution in [0.2, 0.25) is 0 Å². The number of amides is 1. The molecule has 0 fully saturated rings. The van der Waals surface area contributed by atoms with Crippen LogP contribution in [-0.2, 0) is 21.2 Å². The Bertz CT molecular complexity index is 915. The second-order valence-electron chi connectivity index (χ2n) is 5.88. The van der Waals surface area contributed by atoms with Gasteiger partial charge in [0.1, 0.15) is 0 Å². The summed E-state index contributed by atoms with van der Waals surface area (Å²) in [5.41, 5.74) is 2.65. The molecule has 1 heterocycles. The van der Waals surface area contributed by atoms with Gasteiger partial charge in [-0.3, -0.25) is 4.79 Å². The van der Waals surface area contributed by atoms with Crippen LogP contribution in [0.25, 0.3) is 0 Å². The van der Waals surface area contributed by atoms with E-state index in [4.69, 9.17) is 5.14 Å². The second-order valence-corrected chi connectivity index (χ2v) is 8.36. The van der Waals surface area contributed by atoms with Crippen molar-refractivity contribution in [1.82, 2.24) is 0 Å². The van der Waals surface area contributed by atoms with E-state index in [-0.39, 0.29) is 10.8 Å². The van der Waals surface area contributed by atoms with Crippen molar-refractivity contribution >= 4 is 43.2 Å². The van der Waals surface area contributed by atoms with Crippen LogP contribution in [0.15, 0.2) is 51.8 Å². The number of primary sulfonamides is 1. The van der Waals surface area contributed by atoms with E-state index in [2.05, 4.69) is 26.1 Å². The first-order valence-electron chi connectivity index (χ1n) is 7.79. The predicted molar refractivity (Wildman–Crippen MR) is 101 cm³/mol. The summed E-state index contributed by atoms with van der Waals surface area (Å²) in [6, 6.07) is 12.3. The highest BCUT2D eigenvalue weighted by molar-refractivity contribution is 9.10. The number of hydrogen-bond donors (Lipinski definition) is 2. The zero-order chi connectivity index (χ0) is 18.0. The average molecular weight is 424 g/mol. The molecule has 1 amide bonds. The third-order valence-electron chi connectivity index (χ3n) is 4.09. The van der Waals surface area contributed by atoms with Crippen LogP contribution in [0.5, 0.6) is 0 Å². The Morgan fingerprint density at radius 2 is 2.04 bits per heavy atom. The number of carbonyl (C=O) groups excluding carboxylic acids is 1. The lowest BCUT2D eigenvalue weighted by Crippen LogP contribution is -2.26. The van der Waals surface area contributed by atoms with Gasteiger partial charge in [-0.05, 0) is 48.4 Å². The fourth-order valence-electron chi connectivity index (χ4n) is 2.88. The van der Waals surface area contributed by atoms with Crippen LogP contribution in [0.1, 0.15) is 12.0 Å². The van der Waals surface area contributed by atoms with Crippen LogP contribution in [0.3, 0.4) is 0 Å². The number of sulfonamides is 1. The zero-order valence-electron chi connectivity index (χ0n) is 13.4. The van der Waals surface area contributed by atoms with Crippen LogP contribution < -0.4 is 15.4 Å². The van der Waals surface area contributed by atoms with Gasteiger partial charge < -0.3 is 10.2 Å². The molecule has 8 heteroatoms. The van der Waals surface area contributed by atoms with Gasteiger partial charge in [0, 0.05) is 35.4 Å². The van der Waals surface area contributed by atoms with Crippen LogP contribution >= 0.6 is 15.9 Å². The molecule has 0 saturated carbocycles. The van der Waals surface area contributed by atoms with Gasteiger partial charge in [0.25, 0.3) is 0 Å². The highest BCUT2D eigenvalue weighted by Gasteiger charge is 2.21. The molecule has 2 aromatic carbocycles. The van der Waals surface area contributed by atoms with Crippen molar-refractivity contribution in [2.75, 3.05) is 23.3 Å². The van der Waals surface area contributed by atoms with Crippen LogP contribution in [0, 0.1) is 0 Å². The van der Waals surface area contributed by atoms with E-state index < -0.39 is 10.0 Å². The molecule has 3 N–H and O–H groups in total. The first kappa shape index (κ1) is 17.9. The van der Waals surface area contributed by atoms with Crippen molar-refractivity contribution < 1.29 is 13.2 Å². The fourth-order valence-corrected chi connectivity index (χ4v) is 3.85. The molecule has 1 aliphatic rings. The van der Waals surface area contributed by atoms with Gasteiger partial charge in [0.15, 0.2) is 0 Å². The molecule has 0 aliphatic carbocycles. The predicted octanol–water partition coefficient (Wildman–Crippen LogP) is 2.49. The molecule has 6 nitrogen and oxygen atoms in total. The van der Waals surface area contributed by atoms with Gasteiger partial charge in [-0.15, -0.1) is 0 Å². The zero-order valence-corrected chi connectivity index (χ0v) is 15.8. The summed E-state index contributed by atoms with van der Waals surface area (Å²) in [6.45, 7) is 1.33. The van der Waals surface area contributed by atoms with E-state index in [9.17, 15) is 13.2 Å². The SMILES string of the molecule is NS(=O)(=O)c1ccc2c(c1)CCN2CCC(=O)Nc1cccc(Br)c1. The van der Waals surface area contributed by atoms with E-state index in [1.54, 1.807) is 12.1 Å². The number of fused-ring (bicyclic) bond motifs is 1. The third-order valence-corrected chi connectivity index (χ3v) is 5.49. The minimum absolute atomic E-state index is 0.0623. The minimum atomic E-state index is -3.69. The maximum Gasteiger partial charge on any atom is 0.238 e. The Morgan fingerprint density at radius 3 is 2.76 bits per heavy atom. The molecule has 3 rings (SSSR count). The van der Waals surface area contributed by atoms with Crippen LogP contribution in [-0.4, -0.2) is 27.4 Å². The molecule has 0 bridgehead atoms. The van der Waals surface area contributed by atoms with Gasteiger partial charge in [-0.2, -0.15) is 0 Å². The van der Waals surface area contributed by atoms with Gasteiger partial charge in [-0.1, -0.05) is 22.0 Å². The lowest BCUT2D eigenvalue weighted by molar-refractivity contribution is -0.116. The van der Waals surface area contributed by atoms with Crippen molar-refractivity contribution in [3.63, 3.8) is 0 Å². The van der Waals surface area contributed by atoms with E-state index in [1.165, 1.54) is 6.07 Å². The van der Waals surface area contributed by atoms with Crippen LogP contribution in [0.4, 0.5) is 11.4 Å². The summed E-state index contributed by atoms with van der Waals surface area (Å²) in [7, 11) is -3.69. The molecule has 132 valence electrons. The highest BCUT2D eigenvalue weighted by atomic mass is 79.9. The fraction of sp³-hybridized carbons (Fsp3) is 0.235. The Hall–Kier alpha value is -1.90. The maximum atomic E-state index is 12.1. The summed E-state index contributed by atoms with van der Waals surface area (Å²) in [4.78, 5) is 14.3. The number of halogens is 1. The standard InChI is InChI=1S/C17H18BrN3O3S/c18-13-2-1-3-14(11-13)20-17(22)7-9-21-8-6-12-10-15(25(19,23)24)4-5-16(12)21/h1-5,10-11H,6-9H2,(H,20,22)(H2,19,23,24). The molecular weight excluding hydrogens is 406 g/mol. The first-order valence-corrected chi connectivity index (χ1v) is 10.1. The number of nitrogens with two attached hydrogens (primary N) is 1. The van der Waals surface area contributed by atoms with Crippen molar-refractivity contribution in [1.29, 1.82) is 0 Å². The number of nitrogens with one attached hydrogen (secondary N) is 1. The molecule has 2 aromatic rings. The van der Waals surface area contributed by atoms with Gasteiger partial charge in [0.2, 0.25) is 15.9 Å². The smallest absolute Gasteiger partial charge is 0.238 e. The van der Waals surface area contributed by atoms with E-state index in [1.807, 2.05) is 24.3 Å². The topological polar surface area (TPSA) is 92.5 Å². The molecule has 25 heavy (non-hydrogen) atoms. The number of anilines is 2. The number of carbonyl (C=O) groups is 1. The molecular formula is C17H18BrN3O3S. The first-order chi connectivity index (χ1) is 11.8. The number of hydrogen-bond acceptors (Lipinski definition) is 4. The summed E-state index contributed by atoms with van der Waals surface area (Å²) >= 11 is 3.37. The van der Waals surface area contributed by atoms with Gasteiger partial charge in [-0.25, -0.2) is 13.6 Å². The molecule has 1 aliphatic heterocycles. The van der Waals surface area contributed by atoms with Crippen molar-refractivity contribution in [2.24, 2.45) is 5.14 Å². The Balaban J connectivity index is 1.61. The quantitative estimate of drug-likeness (QED) is 0.772. The Kier molecular flexibility index (Phi) is 5.12. The molecule has 0 radical (unpaired) electrons. The van der Waals surface area contributed by atoms with Gasteiger partial charge >= 0.3 is 0 Å². The lowest BCUT2D eigenvalue weighted by Gasteiger charge is -2.19. The maximum absolute atomic E-state index is 12.1. The Morgan fingerprint density at radius 1 is 1.24 bits per heavy atom. The third kappa shape index (κ3) is 4.39. The molecule has 0 aromatic heterocycles. The van der Waals surface area contributed by atoms with E-state index in [0.717, 1.165) is 34.4 Å². The van der Waals surface area contributed by atoms with Crippen molar-refractivity contribution in [3.05, 3.63) is 52.5 Å².